The number of aromatic nitrogens is 1. The van der Waals surface area contributed by atoms with Crippen molar-refractivity contribution in [2.24, 2.45) is 0 Å². The lowest BCUT2D eigenvalue weighted by atomic mass is 10.0. The Hall–Kier alpha value is -2.81. The summed E-state index contributed by atoms with van der Waals surface area (Å²) < 4.78 is 47.1. The number of rotatable bonds is 4. The maximum Gasteiger partial charge on any atom is 0.332 e. The van der Waals surface area contributed by atoms with Crippen molar-refractivity contribution in [3.05, 3.63) is 52.6 Å². The van der Waals surface area contributed by atoms with Crippen LogP contribution in [0.2, 0.25) is 5.15 Å². The summed E-state index contributed by atoms with van der Waals surface area (Å²) in [6, 6.07) is 2.72. The van der Waals surface area contributed by atoms with Gasteiger partial charge in [0.25, 0.3) is 5.91 Å². The number of anilines is 1. The number of urea groups is 1. The fourth-order valence-electron chi connectivity index (χ4n) is 2.95. The van der Waals surface area contributed by atoms with Gasteiger partial charge in [0.1, 0.15) is 10.7 Å². The monoisotopic (exact) mass is 413 g/mol. The number of imide groups is 1. The van der Waals surface area contributed by atoms with Crippen LogP contribution in [-0.2, 0) is 11.3 Å². The number of benzene rings is 1. The lowest BCUT2D eigenvalue weighted by Gasteiger charge is -2.27. The molecule has 148 valence electrons. The molecule has 0 radical (unpaired) electrons. The van der Waals surface area contributed by atoms with E-state index in [-0.39, 0.29) is 11.7 Å². The molecule has 0 aliphatic carbocycles. The molecule has 1 aromatic carbocycles. The van der Waals surface area contributed by atoms with Gasteiger partial charge in [-0.25, -0.2) is 23.5 Å². The molecule has 0 atom stereocenters. The third-order valence-corrected chi connectivity index (χ3v) is 4.70. The lowest BCUT2D eigenvalue weighted by Crippen LogP contribution is -2.43. The SMILES string of the molecule is COc1c(F)cc(N2C(=O)N(Cc3ccnc(Cl)c3)C(C)(C)C2=O)c(F)c1F. The molecular formula is C18H15ClF3N3O3. The first kappa shape index (κ1) is 19.9. The average molecular weight is 414 g/mol. The van der Waals surface area contributed by atoms with E-state index in [1.807, 2.05) is 0 Å². The Balaban J connectivity index is 2.05. The minimum absolute atomic E-state index is 0.0426. The summed E-state index contributed by atoms with van der Waals surface area (Å²) in [5, 5.41) is 0.190. The summed E-state index contributed by atoms with van der Waals surface area (Å²) in [5.74, 6) is -6.21. The van der Waals surface area contributed by atoms with Crippen LogP contribution in [0.1, 0.15) is 19.4 Å². The molecule has 0 spiro atoms. The van der Waals surface area contributed by atoms with Crippen LogP contribution in [0.25, 0.3) is 0 Å². The molecule has 1 aliphatic heterocycles. The highest BCUT2D eigenvalue weighted by molar-refractivity contribution is 6.29. The summed E-state index contributed by atoms with van der Waals surface area (Å²) in [6.45, 7) is 2.85. The molecule has 1 saturated heterocycles. The highest BCUT2D eigenvalue weighted by Crippen LogP contribution is 2.38. The van der Waals surface area contributed by atoms with Crippen molar-refractivity contribution in [2.45, 2.75) is 25.9 Å². The van der Waals surface area contributed by atoms with Crippen molar-refractivity contribution < 1.29 is 27.5 Å². The van der Waals surface area contributed by atoms with Crippen molar-refractivity contribution in [1.29, 1.82) is 0 Å². The Morgan fingerprint density at radius 2 is 1.86 bits per heavy atom. The molecular weight excluding hydrogens is 399 g/mol. The molecule has 28 heavy (non-hydrogen) atoms. The Labute approximate surface area is 163 Å². The van der Waals surface area contributed by atoms with Gasteiger partial charge >= 0.3 is 6.03 Å². The number of methoxy groups -OCH3 is 1. The van der Waals surface area contributed by atoms with Gasteiger partial charge in [-0.2, -0.15) is 4.39 Å². The van der Waals surface area contributed by atoms with Crippen LogP contribution in [-0.4, -0.2) is 34.5 Å². The predicted molar refractivity (Wildman–Crippen MR) is 94.6 cm³/mol. The first-order chi connectivity index (χ1) is 13.1. The second kappa shape index (κ2) is 6.97. The molecule has 3 amide bonds. The van der Waals surface area contributed by atoms with Crippen molar-refractivity contribution >= 4 is 29.2 Å². The van der Waals surface area contributed by atoms with E-state index in [2.05, 4.69) is 9.72 Å². The van der Waals surface area contributed by atoms with Crippen LogP contribution in [0.15, 0.2) is 24.4 Å². The molecule has 1 fully saturated rings. The molecule has 0 saturated carbocycles. The van der Waals surface area contributed by atoms with Gasteiger partial charge in [-0.15, -0.1) is 0 Å². The second-order valence-electron chi connectivity index (χ2n) is 6.59. The first-order valence-electron chi connectivity index (χ1n) is 8.07. The van der Waals surface area contributed by atoms with Crippen LogP contribution in [0.3, 0.4) is 0 Å². The fraction of sp³-hybridized carbons (Fsp3) is 0.278. The van der Waals surface area contributed by atoms with Crippen molar-refractivity contribution in [3.63, 3.8) is 0 Å². The maximum absolute atomic E-state index is 14.5. The van der Waals surface area contributed by atoms with Crippen molar-refractivity contribution in [3.8, 4) is 5.75 Å². The largest absolute Gasteiger partial charge is 0.491 e. The maximum atomic E-state index is 14.5. The summed E-state index contributed by atoms with van der Waals surface area (Å²) >= 11 is 5.84. The fourth-order valence-corrected chi connectivity index (χ4v) is 3.15. The molecule has 10 heteroatoms. The second-order valence-corrected chi connectivity index (χ2v) is 6.98. The van der Waals surface area contributed by atoms with Crippen LogP contribution in [0.5, 0.6) is 5.75 Å². The molecule has 0 bridgehead atoms. The van der Waals surface area contributed by atoms with Crippen LogP contribution in [0.4, 0.5) is 23.7 Å². The van der Waals surface area contributed by atoms with Crippen LogP contribution in [0, 0.1) is 17.5 Å². The summed E-state index contributed by atoms with van der Waals surface area (Å²) in [5.41, 5.74) is -1.65. The zero-order valence-electron chi connectivity index (χ0n) is 15.1. The Kier molecular flexibility index (Phi) is 4.97. The molecule has 6 nitrogen and oxygen atoms in total. The number of ether oxygens (including phenoxy) is 1. The van der Waals surface area contributed by atoms with E-state index in [1.54, 1.807) is 6.07 Å². The zero-order valence-corrected chi connectivity index (χ0v) is 15.9. The van der Waals surface area contributed by atoms with Crippen LogP contribution >= 0.6 is 11.6 Å². The number of amides is 3. The number of nitrogens with zero attached hydrogens (tertiary/aromatic N) is 3. The molecule has 2 aromatic rings. The van der Waals surface area contributed by atoms with Gasteiger partial charge in [0.2, 0.25) is 5.82 Å². The van der Waals surface area contributed by atoms with Gasteiger partial charge in [0.15, 0.2) is 17.4 Å². The summed E-state index contributed by atoms with van der Waals surface area (Å²) in [4.78, 5) is 31.1. The van der Waals surface area contributed by atoms with E-state index in [4.69, 9.17) is 11.6 Å². The number of pyridine rings is 1. The van der Waals surface area contributed by atoms with Gasteiger partial charge in [0, 0.05) is 18.8 Å². The first-order valence-corrected chi connectivity index (χ1v) is 8.45. The average Bonchev–Trinajstić information content (AvgIpc) is 2.79. The lowest BCUT2D eigenvalue weighted by molar-refractivity contribution is -0.123. The Bertz CT molecular complexity index is 984. The Morgan fingerprint density at radius 1 is 1.18 bits per heavy atom. The van der Waals surface area contributed by atoms with E-state index in [1.165, 1.54) is 26.1 Å². The standard InChI is InChI=1S/C18H15ClF3N3O3/c1-18(2)16(26)25(11-7-10(20)15(28-3)14(22)13(11)21)17(27)24(18)8-9-4-5-23-12(19)6-9/h4-7H,8H2,1-3H3. The molecule has 3 rings (SSSR count). The van der Waals surface area contributed by atoms with Gasteiger partial charge in [0.05, 0.1) is 12.8 Å². The molecule has 0 N–H and O–H groups in total. The van der Waals surface area contributed by atoms with Gasteiger partial charge in [-0.1, -0.05) is 11.6 Å². The topological polar surface area (TPSA) is 62.7 Å². The van der Waals surface area contributed by atoms with E-state index < -0.39 is 46.4 Å². The molecule has 1 aromatic heterocycles. The number of halogens is 4. The van der Waals surface area contributed by atoms with Crippen molar-refractivity contribution in [2.75, 3.05) is 12.0 Å². The van der Waals surface area contributed by atoms with Crippen molar-refractivity contribution in [1.82, 2.24) is 9.88 Å². The normalized spacial score (nSPS) is 16.1. The summed E-state index contributed by atoms with van der Waals surface area (Å²) in [6.07, 6.45) is 1.43. The molecule has 0 unspecified atom stereocenters. The van der Waals surface area contributed by atoms with E-state index in [0.29, 0.717) is 16.5 Å². The predicted octanol–water partition coefficient (Wildman–Crippen LogP) is 3.91. The van der Waals surface area contributed by atoms with E-state index in [9.17, 15) is 22.8 Å². The van der Waals surface area contributed by atoms with Crippen LogP contribution < -0.4 is 9.64 Å². The highest BCUT2D eigenvalue weighted by Gasteiger charge is 2.52. The number of carbonyl (C=O) groups excluding carboxylic acids is 2. The van der Waals surface area contributed by atoms with E-state index >= 15 is 0 Å². The third kappa shape index (κ3) is 3.05. The number of carbonyl (C=O) groups is 2. The quantitative estimate of drug-likeness (QED) is 0.433. The number of hydrogen-bond acceptors (Lipinski definition) is 4. The zero-order chi connectivity index (χ0) is 20.8. The van der Waals surface area contributed by atoms with Gasteiger partial charge in [-0.3, -0.25) is 4.79 Å². The molecule has 1 aliphatic rings. The minimum Gasteiger partial charge on any atom is -0.491 e. The smallest absolute Gasteiger partial charge is 0.332 e. The van der Waals surface area contributed by atoms with Gasteiger partial charge in [-0.05, 0) is 31.5 Å². The highest BCUT2D eigenvalue weighted by atomic mass is 35.5. The minimum atomic E-state index is -1.63. The van der Waals surface area contributed by atoms with E-state index in [0.717, 1.165) is 12.0 Å². The Morgan fingerprint density at radius 3 is 2.46 bits per heavy atom. The molecule has 2 heterocycles. The summed E-state index contributed by atoms with van der Waals surface area (Å²) in [7, 11) is 0.970. The third-order valence-electron chi connectivity index (χ3n) is 4.50. The number of hydrogen-bond donors (Lipinski definition) is 0. The van der Waals surface area contributed by atoms with Gasteiger partial charge < -0.3 is 9.64 Å².